The summed E-state index contributed by atoms with van der Waals surface area (Å²) in [5, 5.41) is 0. The Morgan fingerprint density at radius 1 is 1.22 bits per heavy atom. The van der Waals surface area contributed by atoms with Crippen LogP contribution < -0.4 is 10.6 Å². The molecule has 2 N–H and O–H groups in total. The normalized spacial score (nSPS) is 10.4. The van der Waals surface area contributed by atoms with Crippen molar-refractivity contribution in [3.8, 4) is 0 Å². The summed E-state index contributed by atoms with van der Waals surface area (Å²) in [6.45, 7) is 1.29. The first kappa shape index (κ1) is 13.1. The Morgan fingerprint density at radius 3 is 2.72 bits per heavy atom. The van der Waals surface area contributed by atoms with E-state index in [1.165, 1.54) is 5.56 Å². The molecule has 0 aliphatic rings. The fraction of sp³-hybridized carbons (Fsp3) is 0.214. The lowest BCUT2D eigenvalue weighted by Gasteiger charge is -2.19. The molecule has 1 aromatic carbocycles. The third kappa shape index (κ3) is 3.31. The Bertz CT molecular complexity index is 528. The summed E-state index contributed by atoms with van der Waals surface area (Å²) in [5.74, 6) is 0.943. The average Bonchev–Trinajstić information content (AvgIpc) is 2.39. The molecule has 1 heterocycles. The minimum atomic E-state index is 0.471. The molecule has 0 unspecified atom stereocenters. The van der Waals surface area contributed by atoms with E-state index in [0.717, 1.165) is 22.5 Å². The summed E-state index contributed by atoms with van der Waals surface area (Å²) < 4.78 is 1.09. The first-order chi connectivity index (χ1) is 8.69. The highest BCUT2D eigenvalue weighted by Crippen LogP contribution is 2.16. The van der Waals surface area contributed by atoms with Gasteiger partial charge in [-0.25, -0.2) is 4.98 Å². The zero-order valence-electron chi connectivity index (χ0n) is 10.3. The molecule has 0 saturated heterocycles. The number of anilines is 1. The van der Waals surface area contributed by atoms with Crippen molar-refractivity contribution in [1.82, 2.24) is 4.98 Å². The Kier molecular flexibility index (Phi) is 4.33. The monoisotopic (exact) mass is 305 g/mol. The van der Waals surface area contributed by atoms with Crippen molar-refractivity contribution in [3.63, 3.8) is 0 Å². The van der Waals surface area contributed by atoms with Gasteiger partial charge in [-0.05, 0) is 29.8 Å². The van der Waals surface area contributed by atoms with E-state index in [2.05, 4.69) is 37.9 Å². The highest BCUT2D eigenvalue weighted by atomic mass is 79.9. The van der Waals surface area contributed by atoms with Crippen LogP contribution in [0, 0.1) is 0 Å². The molecule has 1 aromatic heterocycles. The summed E-state index contributed by atoms with van der Waals surface area (Å²) in [6.07, 6.45) is 0. The summed E-state index contributed by atoms with van der Waals surface area (Å²) in [6, 6.07) is 14.2. The van der Waals surface area contributed by atoms with E-state index in [1.54, 1.807) is 0 Å². The molecule has 94 valence electrons. The van der Waals surface area contributed by atoms with E-state index >= 15 is 0 Å². The largest absolute Gasteiger partial charge is 0.355 e. The van der Waals surface area contributed by atoms with Crippen LogP contribution in [0.25, 0.3) is 0 Å². The lowest BCUT2D eigenvalue weighted by Crippen LogP contribution is -2.18. The van der Waals surface area contributed by atoms with Gasteiger partial charge in [-0.15, -0.1) is 0 Å². The number of hydrogen-bond donors (Lipinski definition) is 1. The predicted molar refractivity (Wildman–Crippen MR) is 78.4 cm³/mol. The smallest absolute Gasteiger partial charge is 0.128 e. The van der Waals surface area contributed by atoms with Crippen molar-refractivity contribution in [3.05, 3.63) is 58.2 Å². The van der Waals surface area contributed by atoms with E-state index in [-0.39, 0.29) is 0 Å². The number of nitrogens with zero attached hydrogens (tertiary/aromatic N) is 2. The number of nitrogens with two attached hydrogens (primary N) is 1. The van der Waals surface area contributed by atoms with Gasteiger partial charge in [-0.1, -0.05) is 34.1 Å². The maximum absolute atomic E-state index is 5.60. The minimum absolute atomic E-state index is 0.471. The van der Waals surface area contributed by atoms with Crippen LogP contribution in [0.4, 0.5) is 5.82 Å². The number of benzene rings is 1. The van der Waals surface area contributed by atoms with Crippen LogP contribution in [0.3, 0.4) is 0 Å². The molecule has 2 rings (SSSR count). The van der Waals surface area contributed by atoms with Crippen LogP contribution in [0.5, 0.6) is 0 Å². The van der Waals surface area contributed by atoms with Crippen molar-refractivity contribution in [2.75, 3.05) is 11.9 Å². The van der Waals surface area contributed by atoms with E-state index in [4.69, 9.17) is 5.73 Å². The SMILES string of the molecule is CN(Cc1cccc(Br)c1)c1cccc(CN)n1. The molecule has 0 aliphatic carbocycles. The van der Waals surface area contributed by atoms with Gasteiger partial charge in [0.2, 0.25) is 0 Å². The minimum Gasteiger partial charge on any atom is -0.355 e. The second kappa shape index (κ2) is 5.98. The number of pyridine rings is 1. The van der Waals surface area contributed by atoms with Crippen LogP contribution in [0.1, 0.15) is 11.3 Å². The molecule has 0 bridgehead atoms. The third-order valence-electron chi connectivity index (χ3n) is 2.70. The Hall–Kier alpha value is -1.39. The highest BCUT2D eigenvalue weighted by Gasteiger charge is 2.04. The van der Waals surface area contributed by atoms with Crippen LogP contribution >= 0.6 is 15.9 Å². The summed E-state index contributed by atoms with van der Waals surface area (Å²) in [4.78, 5) is 6.61. The standard InChI is InChI=1S/C14H16BrN3/c1-18(10-11-4-2-5-12(15)8-11)14-7-3-6-13(9-16)17-14/h2-8H,9-10,16H2,1H3. The third-order valence-corrected chi connectivity index (χ3v) is 3.19. The number of halogens is 1. The van der Waals surface area contributed by atoms with Gasteiger partial charge in [-0.2, -0.15) is 0 Å². The van der Waals surface area contributed by atoms with E-state index in [9.17, 15) is 0 Å². The van der Waals surface area contributed by atoms with Gasteiger partial charge in [0.15, 0.2) is 0 Å². The molecular weight excluding hydrogens is 290 g/mol. The van der Waals surface area contributed by atoms with E-state index in [0.29, 0.717) is 6.54 Å². The van der Waals surface area contributed by atoms with Crippen LogP contribution in [0.15, 0.2) is 46.9 Å². The molecule has 2 aromatic rings. The van der Waals surface area contributed by atoms with Gasteiger partial charge in [-0.3, -0.25) is 0 Å². The number of aromatic nitrogens is 1. The lowest BCUT2D eigenvalue weighted by atomic mass is 10.2. The van der Waals surface area contributed by atoms with Gasteiger partial charge < -0.3 is 10.6 Å². The van der Waals surface area contributed by atoms with Crippen molar-refractivity contribution < 1.29 is 0 Å². The van der Waals surface area contributed by atoms with Crippen LogP contribution in [-0.4, -0.2) is 12.0 Å². The maximum atomic E-state index is 5.60. The molecule has 0 radical (unpaired) electrons. The molecule has 4 heteroatoms. The molecule has 0 atom stereocenters. The molecule has 18 heavy (non-hydrogen) atoms. The predicted octanol–water partition coefficient (Wildman–Crippen LogP) is 2.94. The molecule has 3 nitrogen and oxygen atoms in total. The van der Waals surface area contributed by atoms with Crippen molar-refractivity contribution in [2.24, 2.45) is 5.73 Å². The van der Waals surface area contributed by atoms with Gasteiger partial charge in [0.25, 0.3) is 0 Å². The van der Waals surface area contributed by atoms with E-state index < -0.39 is 0 Å². The maximum Gasteiger partial charge on any atom is 0.128 e. The Labute approximate surface area is 116 Å². The van der Waals surface area contributed by atoms with Crippen molar-refractivity contribution in [1.29, 1.82) is 0 Å². The van der Waals surface area contributed by atoms with Gasteiger partial charge in [0.1, 0.15) is 5.82 Å². The first-order valence-corrected chi connectivity index (χ1v) is 6.60. The topological polar surface area (TPSA) is 42.1 Å². The van der Waals surface area contributed by atoms with Crippen LogP contribution in [0.2, 0.25) is 0 Å². The fourth-order valence-electron chi connectivity index (χ4n) is 1.78. The van der Waals surface area contributed by atoms with Crippen LogP contribution in [-0.2, 0) is 13.1 Å². The fourth-order valence-corrected chi connectivity index (χ4v) is 2.23. The summed E-state index contributed by atoms with van der Waals surface area (Å²) in [5.41, 5.74) is 7.76. The Balaban J connectivity index is 2.13. The number of hydrogen-bond acceptors (Lipinski definition) is 3. The van der Waals surface area contributed by atoms with Gasteiger partial charge >= 0.3 is 0 Å². The first-order valence-electron chi connectivity index (χ1n) is 5.80. The van der Waals surface area contributed by atoms with Crippen molar-refractivity contribution >= 4 is 21.7 Å². The Morgan fingerprint density at radius 2 is 2.00 bits per heavy atom. The zero-order valence-corrected chi connectivity index (χ0v) is 11.9. The number of rotatable bonds is 4. The molecule has 0 spiro atoms. The molecule has 0 saturated carbocycles. The zero-order chi connectivity index (χ0) is 13.0. The summed E-state index contributed by atoms with van der Waals surface area (Å²) in [7, 11) is 2.03. The molecule has 0 amide bonds. The lowest BCUT2D eigenvalue weighted by molar-refractivity contribution is 0.877. The highest BCUT2D eigenvalue weighted by molar-refractivity contribution is 9.10. The second-order valence-corrected chi connectivity index (χ2v) is 5.09. The van der Waals surface area contributed by atoms with Gasteiger partial charge in [0.05, 0.1) is 5.69 Å². The van der Waals surface area contributed by atoms with Gasteiger partial charge in [0, 0.05) is 24.6 Å². The molecular formula is C14H16BrN3. The quantitative estimate of drug-likeness (QED) is 0.944. The molecule has 0 aliphatic heterocycles. The van der Waals surface area contributed by atoms with E-state index in [1.807, 2.05) is 37.4 Å². The molecule has 0 fully saturated rings. The van der Waals surface area contributed by atoms with Crippen molar-refractivity contribution in [2.45, 2.75) is 13.1 Å². The summed E-state index contributed by atoms with van der Waals surface area (Å²) >= 11 is 3.48. The second-order valence-electron chi connectivity index (χ2n) is 4.18. The average molecular weight is 306 g/mol.